The number of nitrogens with one attached hydrogen (secondary N) is 1. The van der Waals surface area contributed by atoms with Gasteiger partial charge in [0.05, 0.1) is 0 Å². The lowest BCUT2D eigenvalue weighted by Crippen LogP contribution is -2.15. The molecule has 1 N–H and O–H groups in total. The molecule has 1 nitrogen and oxygen atoms in total. The first-order valence-electron chi connectivity index (χ1n) is 6.11. The van der Waals surface area contributed by atoms with E-state index in [2.05, 4.69) is 38.2 Å². The fourth-order valence-corrected chi connectivity index (χ4v) is 1.99. The van der Waals surface area contributed by atoms with Crippen molar-refractivity contribution in [3.05, 3.63) is 34.3 Å². The first-order valence-corrected chi connectivity index (χ1v) is 6.49. The van der Waals surface area contributed by atoms with Crippen molar-refractivity contribution in [2.75, 3.05) is 6.54 Å². The third kappa shape index (κ3) is 4.54. The SMILES string of the molecule is CCCNCc1ccc(Cl)cc1CC(C)C. The third-order valence-corrected chi connectivity index (χ3v) is 2.77. The molecule has 0 radical (unpaired) electrons. The largest absolute Gasteiger partial charge is 0.313 e. The summed E-state index contributed by atoms with van der Waals surface area (Å²) >= 11 is 6.04. The van der Waals surface area contributed by atoms with Gasteiger partial charge in [-0.05, 0) is 48.6 Å². The Morgan fingerprint density at radius 1 is 1.25 bits per heavy atom. The molecule has 90 valence electrons. The second-order valence-electron chi connectivity index (χ2n) is 4.69. The molecule has 1 rings (SSSR count). The van der Waals surface area contributed by atoms with Gasteiger partial charge in [0.1, 0.15) is 0 Å². The average Bonchev–Trinajstić information content (AvgIpc) is 2.20. The number of hydrogen-bond donors (Lipinski definition) is 1. The highest BCUT2D eigenvalue weighted by atomic mass is 35.5. The summed E-state index contributed by atoms with van der Waals surface area (Å²) in [7, 11) is 0. The van der Waals surface area contributed by atoms with E-state index in [1.165, 1.54) is 17.5 Å². The number of benzene rings is 1. The summed E-state index contributed by atoms with van der Waals surface area (Å²) < 4.78 is 0. The Hall–Kier alpha value is -0.530. The second kappa shape index (κ2) is 6.93. The molecule has 0 saturated carbocycles. The fraction of sp³-hybridized carbons (Fsp3) is 0.571. The van der Waals surface area contributed by atoms with Crippen LogP contribution in [0.3, 0.4) is 0 Å². The Morgan fingerprint density at radius 2 is 2.00 bits per heavy atom. The monoisotopic (exact) mass is 239 g/mol. The lowest BCUT2D eigenvalue weighted by Gasteiger charge is -2.12. The van der Waals surface area contributed by atoms with E-state index in [1.54, 1.807) is 0 Å². The number of halogens is 1. The predicted octanol–water partition coefficient (Wildman–Crippen LogP) is 4.04. The van der Waals surface area contributed by atoms with Gasteiger partial charge in [0.25, 0.3) is 0 Å². The molecule has 0 fully saturated rings. The normalized spacial score (nSPS) is 11.1. The van der Waals surface area contributed by atoms with E-state index in [0.29, 0.717) is 5.92 Å². The molecule has 0 aliphatic rings. The molecule has 0 atom stereocenters. The van der Waals surface area contributed by atoms with Gasteiger partial charge in [-0.25, -0.2) is 0 Å². The molecule has 0 unspecified atom stereocenters. The third-order valence-electron chi connectivity index (χ3n) is 2.54. The Kier molecular flexibility index (Phi) is 5.86. The maximum atomic E-state index is 6.04. The summed E-state index contributed by atoms with van der Waals surface area (Å²) in [6.07, 6.45) is 2.27. The zero-order valence-electron chi connectivity index (χ0n) is 10.5. The molecule has 0 bridgehead atoms. The van der Waals surface area contributed by atoms with Crippen molar-refractivity contribution in [2.24, 2.45) is 5.92 Å². The van der Waals surface area contributed by atoms with Gasteiger partial charge in [-0.1, -0.05) is 38.4 Å². The molecule has 0 aliphatic heterocycles. The average molecular weight is 240 g/mol. The van der Waals surface area contributed by atoms with Crippen molar-refractivity contribution in [1.29, 1.82) is 0 Å². The van der Waals surface area contributed by atoms with Crippen LogP contribution in [0.4, 0.5) is 0 Å². The van der Waals surface area contributed by atoms with E-state index >= 15 is 0 Å². The van der Waals surface area contributed by atoms with Crippen LogP contribution in [0.25, 0.3) is 0 Å². The Balaban J connectivity index is 2.72. The molecule has 0 heterocycles. The maximum absolute atomic E-state index is 6.04. The minimum Gasteiger partial charge on any atom is -0.313 e. The van der Waals surface area contributed by atoms with Crippen LogP contribution in [0.15, 0.2) is 18.2 Å². The zero-order chi connectivity index (χ0) is 12.0. The van der Waals surface area contributed by atoms with E-state index < -0.39 is 0 Å². The lowest BCUT2D eigenvalue weighted by molar-refractivity contribution is 0.628. The van der Waals surface area contributed by atoms with E-state index in [0.717, 1.165) is 24.5 Å². The van der Waals surface area contributed by atoms with Crippen LogP contribution >= 0.6 is 11.6 Å². The van der Waals surface area contributed by atoms with Crippen LogP contribution in [0.1, 0.15) is 38.3 Å². The van der Waals surface area contributed by atoms with Gasteiger partial charge in [0.15, 0.2) is 0 Å². The lowest BCUT2D eigenvalue weighted by atomic mass is 9.98. The summed E-state index contributed by atoms with van der Waals surface area (Å²) in [6, 6.07) is 6.22. The van der Waals surface area contributed by atoms with Crippen LogP contribution in [-0.2, 0) is 13.0 Å². The van der Waals surface area contributed by atoms with Gasteiger partial charge in [-0.2, -0.15) is 0 Å². The Labute approximate surface area is 104 Å². The first-order chi connectivity index (χ1) is 7.63. The van der Waals surface area contributed by atoms with E-state index in [-0.39, 0.29) is 0 Å². The number of hydrogen-bond acceptors (Lipinski definition) is 1. The molecule has 1 aromatic carbocycles. The van der Waals surface area contributed by atoms with E-state index in [1.807, 2.05) is 6.07 Å². The van der Waals surface area contributed by atoms with E-state index in [4.69, 9.17) is 11.6 Å². The molecule has 0 amide bonds. The first kappa shape index (κ1) is 13.5. The Bertz CT molecular complexity index is 321. The van der Waals surface area contributed by atoms with Gasteiger partial charge in [0, 0.05) is 11.6 Å². The summed E-state index contributed by atoms with van der Waals surface area (Å²) in [5, 5.41) is 4.28. The highest BCUT2D eigenvalue weighted by Crippen LogP contribution is 2.19. The van der Waals surface area contributed by atoms with Crippen molar-refractivity contribution in [3.63, 3.8) is 0 Å². The molecule has 1 aromatic rings. The molecule has 16 heavy (non-hydrogen) atoms. The smallest absolute Gasteiger partial charge is 0.0408 e. The van der Waals surface area contributed by atoms with Gasteiger partial charge in [0.2, 0.25) is 0 Å². The highest BCUT2D eigenvalue weighted by molar-refractivity contribution is 6.30. The van der Waals surface area contributed by atoms with Crippen molar-refractivity contribution in [2.45, 2.75) is 40.2 Å². The molecule has 0 aromatic heterocycles. The number of rotatable bonds is 6. The quantitative estimate of drug-likeness (QED) is 0.739. The van der Waals surface area contributed by atoms with Crippen molar-refractivity contribution < 1.29 is 0 Å². The summed E-state index contributed by atoms with van der Waals surface area (Å²) in [5.74, 6) is 0.670. The van der Waals surface area contributed by atoms with Crippen LogP contribution in [0.5, 0.6) is 0 Å². The molecular formula is C14H22ClN. The van der Waals surface area contributed by atoms with Gasteiger partial charge >= 0.3 is 0 Å². The minimum absolute atomic E-state index is 0.670. The van der Waals surface area contributed by atoms with Gasteiger partial charge < -0.3 is 5.32 Å². The van der Waals surface area contributed by atoms with Crippen molar-refractivity contribution in [1.82, 2.24) is 5.32 Å². The molecule has 0 spiro atoms. The van der Waals surface area contributed by atoms with Gasteiger partial charge in [-0.3, -0.25) is 0 Å². The van der Waals surface area contributed by atoms with Gasteiger partial charge in [-0.15, -0.1) is 0 Å². The predicted molar refractivity (Wildman–Crippen MR) is 72.0 cm³/mol. The molecule has 0 aliphatic carbocycles. The Morgan fingerprint density at radius 3 is 2.62 bits per heavy atom. The van der Waals surface area contributed by atoms with Crippen LogP contribution < -0.4 is 5.32 Å². The molecular weight excluding hydrogens is 218 g/mol. The molecule has 0 saturated heterocycles. The summed E-state index contributed by atoms with van der Waals surface area (Å²) in [5.41, 5.74) is 2.76. The van der Waals surface area contributed by atoms with Crippen LogP contribution in [-0.4, -0.2) is 6.54 Å². The van der Waals surface area contributed by atoms with Crippen LogP contribution in [0.2, 0.25) is 5.02 Å². The summed E-state index contributed by atoms with van der Waals surface area (Å²) in [6.45, 7) is 8.69. The topological polar surface area (TPSA) is 12.0 Å². The standard InChI is InChI=1S/C14H22ClN/c1-4-7-16-10-12-5-6-14(15)9-13(12)8-11(2)3/h5-6,9,11,16H,4,7-8,10H2,1-3H3. The summed E-state index contributed by atoms with van der Waals surface area (Å²) in [4.78, 5) is 0. The maximum Gasteiger partial charge on any atom is 0.0408 e. The molecule has 2 heteroatoms. The van der Waals surface area contributed by atoms with E-state index in [9.17, 15) is 0 Å². The van der Waals surface area contributed by atoms with Crippen LogP contribution in [0, 0.1) is 5.92 Å². The van der Waals surface area contributed by atoms with Crippen molar-refractivity contribution >= 4 is 11.6 Å². The minimum atomic E-state index is 0.670. The van der Waals surface area contributed by atoms with Crippen molar-refractivity contribution in [3.8, 4) is 0 Å². The second-order valence-corrected chi connectivity index (χ2v) is 5.12. The highest BCUT2D eigenvalue weighted by Gasteiger charge is 2.05. The zero-order valence-corrected chi connectivity index (χ0v) is 11.3. The fourth-order valence-electron chi connectivity index (χ4n) is 1.80.